The van der Waals surface area contributed by atoms with Crippen LogP contribution in [0.15, 0.2) is 0 Å². The minimum absolute atomic E-state index is 0.0982. The molecule has 3 nitrogen and oxygen atoms in total. The summed E-state index contributed by atoms with van der Waals surface area (Å²) in [6, 6.07) is 0. The molecule has 2 N–H and O–H groups in total. The fourth-order valence-corrected chi connectivity index (χ4v) is 1.23. The Morgan fingerprint density at radius 3 is 2.70 bits per heavy atom. The molecule has 0 aromatic rings. The lowest BCUT2D eigenvalue weighted by atomic mass is 10.7. The minimum Gasteiger partial charge on any atom is -0.358 e. The van der Waals surface area contributed by atoms with Gasteiger partial charge in [-0.25, -0.2) is 0 Å². The Morgan fingerprint density at radius 2 is 2.20 bits per heavy atom. The highest BCUT2D eigenvalue weighted by molar-refractivity contribution is 7.99. The summed E-state index contributed by atoms with van der Waals surface area (Å²) in [5, 5.41) is 5.57. The van der Waals surface area contributed by atoms with Crippen LogP contribution in [0.1, 0.15) is 0 Å². The largest absolute Gasteiger partial charge is 0.358 e. The summed E-state index contributed by atoms with van der Waals surface area (Å²) in [5.41, 5.74) is 0. The van der Waals surface area contributed by atoms with Gasteiger partial charge in [-0.3, -0.25) is 4.79 Å². The van der Waals surface area contributed by atoms with E-state index in [4.69, 9.17) is 0 Å². The molecule has 0 bridgehead atoms. The molecule has 0 rings (SSSR count). The molecule has 0 heterocycles. The molecule has 60 valence electrons. The molecule has 0 saturated carbocycles. The topological polar surface area (TPSA) is 41.1 Å². The van der Waals surface area contributed by atoms with Gasteiger partial charge in [-0.1, -0.05) is 0 Å². The van der Waals surface area contributed by atoms with Gasteiger partial charge in [0.25, 0.3) is 0 Å². The van der Waals surface area contributed by atoms with Crippen LogP contribution in [0.5, 0.6) is 0 Å². The van der Waals surface area contributed by atoms with Crippen LogP contribution in [0.3, 0.4) is 0 Å². The summed E-state index contributed by atoms with van der Waals surface area (Å²) in [6.07, 6.45) is 0. The molecule has 0 fully saturated rings. The Labute approximate surface area is 65.9 Å². The van der Waals surface area contributed by atoms with E-state index < -0.39 is 0 Å². The number of hydrogen-bond acceptors (Lipinski definition) is 3. The molecule has 0 aromatic carbocycles. The first-order chi connectivity index (χ1) is 4.81. The summed E-state index contributed by atoms with van der Waals surface area (Å²) in [4.78, 5) is 10.6. The maximum atomic E-state index is 10.6. The van der Waals surface area contributed by atoms with E-state index in [1.54, 1.807) is 18.8 Å². The average molecular weight is 162 g/mol. The second-order valence-corrected chi connectivity index (χ2v) is 2.93. The van der Waals surface area contributed by atoms with E-state index >= 15 is 0 Å². The summed E-state index contributed by atoms with van der Waals surface area (Å²) in [7, 11) is 3.56. The Balaban J connectivity index is 2.96. The summed E-state index contributed by atoms with van der Waals surface area (Å²) in [5.74, 6) is 1.66. The van der Waals surface area contributed by atoms with Crippen molar-refractivity contribution in [1.29, 1.82) is 0 Å². The molecule has 0 aliphatic rings. The van der Waals surface area contributed by atoms with Crippen LogP contribution in [-0.4, -0.2) is 38.1 Å². The number of hydrogen-bond donors (Lipinski definition) is 2. The predicted octanol–water partition coefficient (Wildman–Crippen LogP) is -0.315. The second kappa shape index (κ2) is 6.89. The van der Waals surface area contributed by atoms with E-state index in [-0.39, 0.29) is 5.91 Å². The maximum absolute atomic E-state index is 10.6. The molecule has 0 spiro atoms. The van der Waals surface area contributed by atoms with Gasteiger partial charge in [-0.15, -0.1) is 0 Å². The zero-order valence-corrected chi connectivity index (χ0v) is 7.25. The van der Waals surface area contributed by atoms with Gasteiger partial charge in [0, 0.05) is 19.3 Å². The molecule has 10 heavy (non-hydrogen) atoms. The van der Waals surface area contributed by atoms with Gasteiger partial charge in [0.05, 0.1) is 5.75 Å². The third-order valence-corrected chi connectivity index (χ3v) is 1.97. The van der Waals surface area contributed by atoms with Crippen LogP contribution in [0, 0.1) is 0 Å². The molecule has 0 saturated heterocycles. The normalized spacial score (nSPS) is 9.40. The summed E-state index contributed by atoms with van der Waals surface area (Å²) in [6.45, 7) is 0.960. The number of amides is 1. The lowest BCUT2D eigenvalue weighted by Crippen LogP contribution is -2.21. The van der Waals surface area contributed by atoms with Crippen molar-refractivity contribution in [2.24, 2.45) is 0 Å². The quantitative estimate of drug-likeness (QED) is 0.545. The van der Waals surface area contributed by atoms with Gasteiger partial charge >= 0.3 is 0 Å². The van der Waals surface area contributed by atoms with E-state index in [1.165, 1.54) is 0 Å². The first-order valence-electron chi connectivity index (χ1n) is 3.24. The fraction of sp³-hybridized carbons (Fsp3) is 0.833. The highest BCUT2D eigenvalue weighted by Crippen LogP contribution is 1.95. The Morgan fingerprint density at radius 1 is 1.50 bits per heavy atom. The molecule has 0 radical (unpaired) electrons. The Bertz CT molecular complexity index is 97.7. The zero-order valence-electron chi connectivity index (χ0n) is 6.44. The van der Waals surface area contributed by atoms with Crippen molar-refractivity contribution in [3.05, 3.63) is 0 Å². The van der Waals surface area contributed by atoms with E-state index in [2.05, 4.69) is 10.6 Å². The molecule has 1 amide bonds. The van der Waals surface area contributed by atoms with Gasteiger partial charge in [0.2, 0.25) is 5.91 Å². The van der Waals surface area contributed by atoms with Crippen molar-refractivity contribution >= 4 is 17.7 Å². The van der Waals surface area contributed by atoms with Crippen molar-refractivity contribution in [2.75, 3.05) is 32.1 Å². The third kappa shape index (κ3) is 5.91. The molecule has 0 unspecified atom stereocenters. The van der Waals surface area contributed by atoms with E-state index in [0.717, 1.165) is 12.3 Å². The molecular weight excluding hydrogens is 148 g/mol. The molecule has 0 atom stereocenters. The lowest BCUT2D eigenvalue weighted by Gasteiger charge is -1.98. The first kappa shape index (κ1) is 9.78. The lowest BCUT2D eigenvalue weighted by molar-refractivity contribution is -0.118. The van der Waals surface area contributed by atoms with Gasteiger partial charge in [0.1, 0.15) is 0 Å². The Hall–Kier alpha value is -0.220. The number of nitrogens with one attached hydrogen (secondary N) is 2. The van der Waals surface area contributed by atoms with E-state index in [1.807, 2.05) is 7.05 Å². The van der Waals surface area contributed by atoms with Crippen LogP contribution in [0.25, 0.3) is 0 Å². The average Bonchev–Trinajstić information content (AvgIpc) is 1.98. The van der Waals surface area contributed by atoms with Crippen LogP contribution in [0.4, 0.5) is 0 Å². The SMILES string of the molecule is CNCCSCC(=O)NC. The zero-order chi connectivity index (χ0) is 7.82. The summed E-state index contributed by atoms with van der Waals surface area (Å²) < 4.78 is 0. The Kier molecular flexibility index (Phi) is 6.74. The molecular formula is C6H14N2OS. The van der Waals surface area contributed by atoms with Gasteiger partial charge in [-0.2, -0.15) is 11.8 Å². The molecule has 0 aliphatic heterocycles. The molecule has 0 aliphatic carbocycles. The monoisotopic (exact) mass is 162 g/mol. The number of carbonyl (C=O) groups excluding carboxylic acids is 1. The third-order valence-electron chi connectivity index (χ3n) is 1.01. The van der Waals surface area contributed by atoms with Crippen LogP contribution >= 0.6 is 11.8 Å². The molecule has 4 heteroatoms. The van der Waals surface area contributed by atoms with E-state index in [9.17, 15) is 4.79 Å². The van der Waals surface area contributed by atoms with Crippen molar-refractivity contribution in [2.45, 2.75) is 0 Å². The number of thioether (sulfide) groups is 1. The number of rotatable bonds is 5. The molecule has 0 aromatic heterocycles. The van der Waals surface area contributed by atoms with Gasteiger partial charge < -0.3 is 10.6 Å². The maximum Gasteiger partial charge on any atom is 0.229 e. The van der Waals surface area contributed by atoms with Crippen molar-refractivity contribution in [3.63, 3.8) is 0 Å². The number of carbonyl (C=O) groups is 1. The fourth-order valence-electron chi connectivity index (χ4n) is 0.411. The van der Waals surface area contributed by atoms with Crippen LogP contribution < -0.4 is 10.6 Å². The van der Waals surface area contributed by atoms with Crippen molar-refractivity contribution in [3.8, 4) is 0 Å². The van der Waals surface area contributed by atoms with Gasteiger partial charge in [-0.05, 0) is 7.05 Å². The standard InChI is InChI=1S/C6H14N2OS/c1-7-3-4-10-5-6(9)8-2/h7H,3-5H2,1-2H3,(H,8,9). The smallest absolute Gasteiger partial charge is 0.229 e. The highest BCUT2D eigenvalue weighted by atomic mass is 32.2. The highest BCUT2D eigenvalue weighted by Gasteiger charge is 1.95. The predicted molar refractivity (Wildman–Crippen MR) is 45.3 cm³/mol. The van der Waals surface area contributed by atoms with Crippen molar-refractivity contribution < 1.29 is 4.79 Å². The van der Waals surface area contributed by atoms with Crippen LogP contribution in [0.2, 0.25) is 0 Å². The van der Waals surface area contributed by atoms with Crippen molar-refractivity contribution in [1.82, 2.24) is 10.6 Å². The van der Waals surface area contributed by atoms with Gasteiger partial charge in [0.15, 0.2) is 0 Å². The second-order valence-electron chi connectivity index (χ2n) is 1.83. The minimum atomic E-state index is 0.0982. The summed E-state index contributed by atoms with van der Waals surface area (Å²) >= 11 is 1.64. The van der Waals surface area contributed by atoms with E-state index in [0.29, 0.717) is 5.75 Å². The van der Waals surface area contributed by atoms with Crippen LogP contribution in [-0.2, 0) is 4.79 Å². The first-order valence-corrected chi connectivity index (χ1v) is 4.39.